The highest BCUT2D eigenvalue weighted by molar-refractivity contribution is 9.10. The Morgan fingerprint density at radius 1 is 1.00 bits per heavy atom. The number of benzene rings is 2. The van der Waals surface area contributed by atoms with Gasteiger partial charge < -0.3 is 10.1 Å². The monoisotopic (exact) mass is 431 g/mol. The number of anilines is 1. The summed E-state index contributed by atoms with van der Waals surface area (Å²) in [7, 11) is 0. The highest BCUT2D eigenvalue weighted by atomic mass is 79.9. The Hall–Kier alpha value is -1.96. The Morgan fingerprint density at radius 3 is 2.33 bits per heavy atom. The molecular formula is C15H12BrCl2N3O3. The Kier molecular flexibility index (Phi) is 6.72. The number of carbonyl (C=O) groups is 2. The summed E-state index contributed by atoms with van der Waals surface area (Å²) < 4.78 is 5.93. The van der Waals surface area contributed by atoms with Crippen LogP contribution in [0.5, 0.6) is 5.75 Å². The van der Waals surface area contributed by atoms with Crippen LogP contribution in [0, 0.1) is 0 Å². The molecule has 0 radical (unpaired) electrons. The molecule has 2 rings (SSSR count). The topological polar surface area (TPSA) is 79.5 Å². The van der Waals surface area contributed by atoms with Gasteiger partial charge in [-0.2, -0.15) is 0 Å². The van der Waals surface area contributed by atoms with Crippen LogP contribution in [0.25, 0.3) is 0 Å². The molecular weight excluding hydrogens is 421 g/mol. The van der Waals surface area contributed by atoms with Crippen LogP contribution in [0.4, 0.5) is 10.5 Å². The Bertz CT molecular complexity index is 741. The van der Waals surface area contributed by atoms with Crippen LogP contribution in [0.2, 0.25) is 10.0 Å². The summed E-state index contributed by atoms with van der Waals surface area (Å²) in [6.45, 7) is -0.276. The Balaban J connectivity index is 1.74. The van der Waals surface area contributed by atoms with E-state index in [0.29, 0.717) is 26.0 Å². The molecule has 0 spiro atoms. The molecule has 24 heavy (non-hydrogen) atoms. The highest BCUT2D eigenvalue weighted by Gasteiger charge is 2.08. The summed E-state index contributed by atoms with van der Waals surface area (Å²) in [5, 5.41) is 3.62. The molecule has 0 saturated heterocycles. The quantitative estimate of drug-likeness (QED) is 0.639. The second-order valence-corrected chi connectivity index (χ2v) is 6.22. The number of rotatable bonds is 4. The molecule has 0 aliphatic heterocycles. The molecule has 3 amide bonds. The smallest absolute Gasteiger partial charge is 0.337 e. The predicted molar refractivity (Wildman–Crippen MR) is 96.4 cm³/mol. The summed E-state index contributed by atoms with van der Waals surface area (Å²) >= 11 is 14.8. The van der Waals surface area contributed by atoms with Crippen LogP contribution >= 0.6 is 39.1 Å². The van der Waals surface area contributed by atoms with Crippen LogP contribution in [0.3, 0.4) is 0 Å². The zero-order chi connectivity index (χ0) is 17.5. The largest absolute Gasteiger partial charge is 0.483 e. The van der Waals surface area contributed by atoms with Crippen molar-refractivity contribution < 1.29 is 14.3 Å². The van der Waals surface area contributed by atoms with Gasteiger partial charge in [0.15, 0.2) is 6.61 Å². The average Bonchev–Trinajstić information content (AvgIpc) is 2.54. The van der Waals surface area contributed by atoms with Crippen molar-refractivity contribution in [3.63, 3.8) is 0 Å². The summed E-state index contributed by atoms with van der Waals surface area (Å²) in [5.41, 5.74) is 4.97. The second kappa shape index (κ2) is 8.77. The van der Waals surface area contributed by atoms with Gasteiger partial charge in [0.25, 0.3) is 5.91 Å². The molecule has 2 aromatic rings. The molecule has 0 unspecified atom stereocenters. The lowest BCUT2D eigenvalue weighted by molar-refractivity contribution is -0.123. The molecule has 0 bridgehead atoms. The minimum Gasteiger partial charge on any atom is -0.483 e. The fraction of sp³-hybridized carbons (Fsp3) is 0.0667. The number of urea groups is 1. The van der Waals surface area contributed by atoms with Crippen LogP contribution < -0.4 is 20.9 Å². The van der Waals surface area contributed by atoms with Gasteiger partial charge in [-0.25, -0.2) is 10.2 Å². The van der Waals surface area contributed by atoms with E-state index in [1.807, 2.05) is 0 Å². The number of hydrazine groups is 1. The third-order valence-electron chi connectivity index (χ3n) is 2.67. The Labute approximate surface area is 156 Å². The van der Waals surface area contributed by atoms with Crippen molar-refractivity contribution in [2.75, 3.05) is 11.9 Å². The van der Waals surface area contributed by atoms with Crippen molar-refractivity contribution in [3.05, 3.63) is 57.0 Å². The molecule has 0 fully saturated rings. The molecule has 0 aliphatic rings. The molecule has 9 heteroatoms. The standard InChI is InChI=1S/C15H12BrCl2N3O3/c16-12-7-10(18)3-6-13(12)24-8-14(22)20-21-15(23)19-11-4-1-9(17)2-5-11/h1-7H,8H2,(H,20,22)(H2,19,21,23). The zero-order valence-corrected chi connectivity index (χ0v) is 15.2. The molecule has 2 aromatic carbocycles. The third-order valence-corrected chi connectivity index (χ3v) is 3.78. The van der Waals surface area contributed by atoms with E-state index in [9.17, 15) is 9.59 Å². The van der Waals surface area contributed by atoms with Crippen molar-refractivity contribution in [2.45, 2.75) is 0 Å². The molecule has 0 aromatic heterocycles. The van der Waals surface area contributed by atoms with Gasteiger partial charge in [-0.05, 0) is 58.4 Å². The van der Waals surface area contributed by atoms with Gasteiger partial charge in [0.05, 0.1) is 4.47 Å². The number of nitrogens with one attached hydrogen (secondary N) is 3. The van der Waals surface area contributed by atoms with Crippen molar-refractivity contribution in [3.8, 4) is 5.75 Å². The molecule has 0 saturated carbocycles. The fourth-order valence-electron chi connectivity index (χ4n) is 1.59. The first-order valence-corrected chi connectivity index (χ1v) is 8.18. The van der Waals surface area contributed by atoms with Gasteiger partial charge in [-0.1, -0.05) is 23.2 Å². The average molecular weight is 433 g/mol. The zero-order valence-electron chi connectivity index (χ0n) is 12.1. The van der Waals surface area contributed by atoms with Gasteiger partial charge >= 0.3 is 6.03 Å². The summed E-state index contributed by atoms with van der Waals surface area (Å²) in [6.07, 6.45) is 0. The van der Waals surface area contributed by atoms with E-state index in [1.54, 1.807) is 42.5 Å². The first kappa shape index (κ1) is 18.4. The number of amides is 3. The summed E-state index contributed by atoms with van der Waals surface area (Å²) in [4.78, 5) is 23.3. The number of carbonyl (C=O) groups excluding carboxylic acids is 2. The van der Waals surface area contributed by atoms with E-state index in [1.165, 1.54) is 0 Å². The maximum atomic E-state index is 11.7. The maximum absolute atomic E-state index is 11.7. The van der Waals surface area contributed by atoms with Gasteiger partial charge in [-0.15, -0.1) is 0 Å². The number of hydrogen-bond donors (Lipinski definition) is 3. The third kappa shape index (κ3) is 5.92. The fourth-order valence-corrected chi connectivity index (χ4v) is 2.52. The summed E-state index contributed by atoms with van der Waals surface area (Å²) in [6, 6.07) is 10.8. The minimum absolute atomic E-state index is 0.276. The van der Waals surface area contributed by atoms with E-state index in [-0.39, 0.29) is 6.61 Å². The lowest BCUT2D eigenvalue weighted by Gasteiger charge is -2.11. The molecule has 0 heterocycles. The van der Waals surface area contributed by atoms with E-state index in [4.69, 9.17) is 27.9 Å². The number of hydrogen-bond acceptors (Lipinski definition) is 3. The number of halogens is 3. The second-order valence-electron chi connectivity index (χ2n) is 4.50. The van der Waals surface area contributed by atoms with Crippen LogP contribution in [-0.2, 0) is 4.79 Å². The molecule has 0 atom stereocenters. The van der Waals surface area contributed by atoms with Crippen molar-refractivity contribution in [1.29, 1.82) is 0 Å². The maximum Gasteiger partial charge on any atom is 0.337 e. The van der Waals surface area contributed by atoms with E-state index < -0.39 is 11.9 Å². The summed E-state index contributed by atoms with van der Waals surface area (Å²) in [5.74, 6) is -0.0664. The van der Waals surface area contributed by atoms with Crippen LogP contribution in [0.1, 0.15) is 0 Å². The normalized spacial score (nSPS) is 9.96. The lowest BCUT2D eigenvalue weighted by Crippen LogP contribution is -2.45. The molecule has 0 aliphatic carbocycles. The molecule has 3 N–H and O–H groups in total. The van der Waals surface area contributed by atoms with E-state index in [2.05, 4.69) is 32.1 Å². The highest BCUT2D eigenvalue weighted by Crippen LogP contribution is 2.27. The van der Waals surface area contributed by atoms with Crippen molar-refractivity contribution in [2.24, 2.45) is 0 Å². The van der Waals surface area contributed by atoms with Gasteiger partial charge in [0.2, 0.25) is 0 Å². The first-order chi connectivity index (χ1) is 11.4. The molecule has 126 valence electrons. The molecule has 6 nitrogen and oxygen atoms in total. The SMILES string of the molecule is O=C(COc1ccc(Cl)cc1Br)NNC(=O)Nc1ccc(Cl)cc1. The predicted octanol–water partition coefficient (Wildman–Crippen LogP) is 3.99. The minimum atomic E-state index is -0.599. The van der Waals surface area contributed by atoms with Crippen LogP contribution in [-0.4, -0.2) is 18.5 Å². The van der Waals surface area contributed by atoms with Crippen molar-refractivity contribution in [1.82, 2.24) is 10.9 Å². The van der Waals surface area contributed by atoms with Gasteiger partial charge in [-0.3, -0.25) is 10.2 Å². The van der Waals surface area contributed by atoms with Crippen molar-refractivity contribution >= 4 is 56.8 Å². The van der Waals surface area contributed by atoms with E-state index >= 15 is 0 Å². The van der Waals surface area contributed by atoms with Crippen LogP contribution in [0.15, 0.2) is 46.9 Å². The lowest BCUT2D eigenvalue weighted by atomic mass is 10.3. The first-order valence-electron chi connectivity index (χ1n) is 6.63. The van der Waals surface area contributed by atoms with Gasteiger partial charge in [0, 0.05) is 15.7 Å². The van der Waals surface area contributed by atoms with E-state index in [0.717, 1.165) is 0 Å². The number of ether oxygens (including phenoxy) is 1. The Morgan fingerprint density at radius 2 is 1.67 bits per heavy atom. The van der Waals surface area contributed by atoms with Gasteiger partial charge in [0.1, 0.15) is 5.75 Å².